The molecule has 8 nitrogen and oxygen atoms in total. The van der Waals surface area contributed by atoms with Crippen molar-refractivity contribution >= 4 is 33.3 Å². The summed E-state index contributed by atoms with van der Waals surface area (Å²) in [4.78, 5) is 21.8. The van der Waals surface area contributed by atoms with Crippen LogP contribution >= 0.6 is 0 Å². The number of para-hydroxylation sites is 1. The molecule has 0 fully saturated rings. The number of amides is 1. The molecule has 0 saturated heterocycles. The number of H-pyrrole nitrogens is 1. The van der Waals surface area contributed by atoms with E-state index in [9.17, 15) is 9.90 Å². The van der Waals surface area contributed by atoms with E-state index < -0.39 is 6.04 Å². The van der Waals surface area contributed by atoms with Gasteiger partial charge in [-0.2, -0.15) is 0 Å². The SMILES string of the molecule is C=C(c1ccc(OC)c(OC)c1)c1cc(C(=O)N[C@@H](CO)Cc2c[nH]c3ccccc23)c2cc(OC)ccc2n1. The van der Waals surface area contributed by atoms with Gasteiger partial charge in [-0.25, -0.2) is 4.98 Å². The van der Waals surface area contributed by atoms with Crippen LogP contribution in [0.3, 0.4) is 0 Å². The van der Waals surface area contributed by atoms with Gasteiger partial charge < -0.3 is 29.6 Å². The van der Waals surface area contributed by atoms with Gasteiger partial charge in [0.25, 0.3) is 5.91 Å². The summed E-state index contributed by atoms with van der Waals surface area (Å²) in [6, 6.07) is 20.0. The highest BCUT2D eigenvalue weighted by molar-refractivity contribution is 6.07. The molecule has 0 radical (unpaired) electrons. The number of nitrogens with one attached hydrogen (secondary N) is 2. The number of ether oxygens (including phenoxy) is 3. The van der Waals surface area contributed by atoms with E-state index in [1.807, 2.05) is 48.7 Å². The lowest BCUT2D eigenvalue weighted by molar-refractivity contribution is 0.0918. The van der Waals surface area contributed by atoms with Crippen LogP contribution < -0.4 is 19.5 Å². The number of hydrogen-bond acceptors (Lipinski definition) is 6. The summed E-state index contributed by atoms with van der Waals surface area (Å²) in [5.41, 5.74) is 4.96. The molecule has 40 heavy (non-hydrogen) atoms. The van der Waals surface area contributed by atoms with Crippen LogP contribution in [0, 0.1) is 0 Å². The van der Waals surface area contributed by atoms with E-state index in [0.717, 1.165) is 22.0 Å². The summed E-state index contributed by atoms with van der Waals surface area (Å²) in [6.07, 6.45) is 2.38. The first-order valence-electron chi connectivity index (χ1n) is 12.8. The summed E-state index contributed by atoms with van der Waals surface area (Å²) in [7, 11) is 4.72. The number of hydrogen-bond donors (Lipinski definition) is 3. The van der Waals surface area contributed by atoms with Crippen molar-refractivity contribution in [1.82, 2.24) is 15.3 Å². The van der Waals surface area contributed by atoms with E-state index in [4.69, 9.17) is 19.2 Å². The van der Waals surface area contributed by atoms with Gasteiger partial charge in [0.2, 0.25) is 0 Å². The molecule has 1 amide bonds. The fourth-order valence-corrected chi connectivity index (χ4v) is 4.84. The Morgan fingerprint density at radius 2 is 1.77 bits per heavy atom. The first kappa shape index (κ1) is 26.8. The van der Waals surface area contributed by atoms with Crippen molar-refractivity contribution in [3.63, 3.8) is 0 Å². The second-order valence-corrected chi connectivity index (χ2v) is 9.40. The van der Waals surface area contributed by atoms with Gasteiger partial charge in [-0.05, 0) is 60.0 Å². The molecule has 0 aliphatic carbocycles. The molecular formula is C32H31N3O5. The molecule has 3 N–H and O–H groups in total. The summed E-state index contributed by atoms with van der Waals surface area (Å²) < 4.78 is 16.2. The minimum Gasteiger partial charge on any atom is -0.497 e. The van der Waals surface area contributed by atoms with Crippen LogP contribution in [0.1, 0.15) is 27.2 Å². The lowest BCUT2D eigenvalue weighted by atomic mass is 9.99. The number of carbonyl (C=O) groups excluding carboxylic acids is 1. The third kappa shape index (κ3) is 5.21. The fraction of sp³-hybridized carbons (Fsp3) is 0.188. The molecular weight excluding hydrogens is 506 g/mol. The molecule has 5 rings (SSSR count). The lowest BCUT2D eigenvalue weighted by Gasteiger charge is -2.18. The standard InChI is InChI=1S/C32H31N3O5/c1-19(20-9-12-30(39-3)31(14-20)40-4)29-16-26(25-15-23(38-2)10-11-28(25)35-29)32(37)34-22(18-36)13-21-17-33-27-8-6-5-7-24(21)27/h5-12,14-17,22,33,36H,1,13,18H2,2-4H3,(H,34,37)/t22-/m1/s1. The summed E-state index contributed by atoms with van der Waals surface area (Å²) >= 11 is 0. The Kier molecular flexibility index (Phi) is 7.70. The van der Waals surface area contributed by atoms with E-state index >= 15 is 0 Å². The topological polar surface area (TPSA) is 106 Å². The highest BCUT2D eigenvalue weighted by Crippen LogP contribution is 2.33. The zero-order chi connectivity index (χ0) is 28.2. The molecule has 204 valence electrons. The van der Waals surface area contributed by atoms with Crippen LogP contribution in [0.15, 0.2) is 79.5 Å². The lowest BCUT2D eigenvalue weighted by Crippen LogP contribution is -2.39. The Bertz CT molecular complexity index is 1710. The van der Waals surface area contributed by atoms with Crippen molar-refractivity contribution in [3.05, 3.63) is 102 Å². The minimum absolute atomic E-state index is 0.219. The second kappa shape index (κ2) is 11.5. The number of aromatic nitrogens is 2. The van der Waals surface area contributed by atoms with Crippen molar-refractivity contribution < 1.29 is 24.1 Å². The maximum Gasteiger partial charge on any atom is 0.252 e. The number of methoxy groups -OCH3 is 3. The number of aliphatic hydroxyl groups is 1. The molecule has 0 spiro atoms. The van der Waals surface area contributed by atoms with Gasteiger partial charge in [-0.3, -0.25) is 4.79 Å². The average Bonchev–Trinajstić information content (AvgIpc) is 3.41. The van der Waals surface area contributed by atoms with E-state index in [-0.39, 0.29) is 12.5 Å². The van der Waals surface area contributed by atoms with Crippen molar-refractivity contribution in [2.75, 3.05) is 27.9 Å². The predicted octanol–water partition coefficient (Wildman–Crippen LogP) is 5.14. The van der Waals surface area contributed by atoms with Gasteiger partial charge in [-0.1, -0.05) is 30.8 Å². The molecule has 1 atom stereocenters. The third-order valence-electron chi connectivity index (χ3n) is 7.00. The number of carbonyl (C=O) groups is 1. The summed E-state index contributed by atoms with van der Waals surface area (Å²) in [5, 5.41) is 14.9. The number of nitrogens with zero attached hydrogens (tertiary/aromatic N) is 1. The van der Waals surface area contributed by atoms with E-state index in [1.165, 1.54) is 0 Å². The third-order valence-corrected chi connectivity index (χ3v) is 7.00. The van der Waals surface area contributed by atoms with Crippen LogP contribution in [-0.2, 0) is 6.42 Å². The van der Waals surface area contributed by atoms with Crippen LogP contribution in [0.25, 0.3) is 27.4 Å². The number of rotatable bonds is 10. The number of aromatic amines is 1. The Balaban J connectivity index is 1.50. The number of pyridine rings is 1. The predicted molar refractivity (Wildman–Crippen MR) is 156 cm³/mol. The number of fused-ring (bicyclic) bond motifs is 2. The Labute approximate surface area is 232 Å². The van der Waals surface area contributed by atoms with Crippen LogP contribution in [0.4, 0.5) is 0 Å². The Hall–Kier alpha value is -4.82. The first-order chi connectivity index (χ1) is 19.4. The molecule has 0 aliphatic heterocycles. The van der Waals surface area contributed by atoms with Gasteiger partial charge in [0.05, 0.1) is 50.8 Å². The summed E-state index contributed by atoms with van der Waals surface area (Å²) in [6.45, 7) is 4.04. The van der Waals surface area contributed by atoms with E-state index in [1.54, 1.807) is 45.6 Å². The van der Waals surface area contributed by atoms with Gasteiger partial charge >= 0.3 is 0 Å². The van der Waals surface area contributed by atoms with Gasteiger partial charge in [0.1, 0.15) is 5.75 Å². The molecule has 2 aromatic heterocycles. The second-order valence-electron chi connectivity index (χ2n) is 9.40. The van der Waals surface area contributed by atoms with Crippen LogP contribution in [0.5, 0.6) is 17.2 Å². The van der Waals surface area contributed by atoms with E-state index in [0.29, 0.717) is 51.4 Å². The highest BCUT2D eigenvalue weighted by atomic mass is 16.5. The van der Waals surface area contributed by atoms with Gasteiger partial charge in [-0.15, -0.1) is 0 Å². The minimum atomic E-state index is -0.502. The largest absolute Gasteiger partial charge is 0.497 e. The highest BCUT2D eigenvalue weighted by Gasteiger charge is 2.20. The quantitative estimate of drug-likeness (QED) is 0.228. The Morgan fingerprint density at radius 3 is 2.52 bits per heavy atom. The smallest absolute Gasteiger partial charge is 0.252 e. The number of benzene rings is 3. The van der Waals surface area contributed by atoms with E-state index in [2.05, 4.69) is 16.9 Å². The fourth-order valence-electron chi connectivity index (χ4n) is 4.84. The monoisotopic (exact) mass is 537 g/mol. The van der Waals surface area contributed by atoms with Crippen LogP contribution in [0.2, 0.25) is 0 Å². The molecule has 5 aromatic rings. The molecule has 3 aromatic carbocycles. The average molecular weight is 538 g/mol. The van der Waals surface area contributed by atoms with Gasteiger partial charge in [0.15, 0.2) is 11.5 Å². The van der Waals surface area contributed by atoms with Crippen LogP contribution in [-0.4, -0.2) is 55.0 Å². The van der Waals surface area contributed by atoms with Crippen molar-refractivity contribution in [1.29, 1.82) is 0 Å². The molecule has 0 bridgehead atoms. The zero-order valence-electron chi connectivity index (χ0n) is 22.7. The first-order valence-corrected chi connectivity index (χ1v) is 12.8. The molecule has 0 saturated carbocycles. The normalized spacial score (nSPS) is 11.8. The summed E-state index contributed by atoms with van der Waals surface area (Å²) in [5.74, 6) is 1.43. The van der Waals surface area contributed by atoms with Gasteiger partial charge in [0, 0.05) is 28.1 Å². The Morgan fingerprint density at radius 1 is 0.975 bits per heavy atom. The van der Waals surface area contributed by atoms with Crippen molar-refractivity contribution in [2.24, 2.45) is 0 Å². The maximum atomic E-state index is 13.8. The van der Waals surface area contributed by atoms with Crippen molar-refractivity contribution in [3.8, 4) is 17.2 Å². The molecule has 0 unspecified atom stereocenters. The van der Waals surface area contributed by atoms with Crippen molar-refractivity contribution in [2.45, 2.75) is 12.5 Å². The molecule has 2 heterocycles. The molecule has 8 heteroatoms. The number of aliphatic hydroxyl groups excluding tert-OH is 1. The zero-order valence-corrected chi connectivity index (χ0v) is 22.7. The maximum absolute atomic E-state index is 13.8. The molecule has 0 aliphatic rings.